The Morgan fingerprint density at radius 1 is 1.00 bits per heavy atom. The summed E-state index contributed by atoms with van der Waals surface area (Å²) in [5.74, 6) is 2.21. The number of piperazine rings is 1. The van der Waals surface area contributed by atoms with Crippen LogP contribution in [0, 0.1) is 0 Å². The van der Waals surface area contributed by atoms with Gasteiger partial charge in [-0.1, -0.05) is 11.6 Å². The predicted octanol–water partition coefficient (Wildman–Crippen LogP) is 2.41. The summed E-state index contributed by atoms with van der Waals surface area (Å²) in [7, 11) is 1.61. The van der Waals surface area contributed by atoms with Gasteiger partial charge < -0.3 is 14.5 Å². The number of ether oxygens (including phenoxy) is 1. The molecular weight excluding hydrogens is 340 g/mol. The highest BCUT2D eigenvalue weighted by molar-refractivity contribution is 6.31. The fourth-order valence-corrected chi connectivity index (χ4v) is 3.15. The Kier molecular flexibility index (Phi) is 4.23. The molecule has 0 unspecified atom stereocenters. The van der Waals surface area contributed by atoms with Gasteiger partial charge in [0.15, 0.2) is 0 Å². The van der Waals surface area contributed by atoms with Crippen LogP contribution in [0.5, 0.6) is 5.88 Å². The first-order chi connectivity index (χ1) is 12.2. The molecule has 1 aromatic carbocycles. The Bertz CT molecular complexity index is 897. The van der Waals surface area contributed by atoms with E-state index in [4.69, 9.17) is 16.3 Å². The van der Waals surface area contributed by atoms with E-state index in [9.17, 15) is 0 Å². The maximum Gasteiger partial charge on any atom is 0.228 e. The van der Waals surface area contributed by atoms with Crippen LogP contribution in [0.2, 0.25) is 5.02 Å². The van der Waals surface area contributed by atoms with Crippen LogP contribution in [0.1, 0.15) is 0 Å². The monoisotopic (exact) mass is 356 g/mol. The van der Waals surface area contributed by atoms with Crippen LogP contribution in [-0.2, 0) is 0 Å². The summed E-state index contributed by atoms with van der Waals surface area (Å²) in [6.07, 6.45) is 3.31. The van der Waals surface area contributed by atoms with Crippen LogP contribution in [0.4, 0.5) is 11.8 Å². The molecule has 0 radical (unpaired) electrons. The lowest BCUT2D eigenvalue weighted by Gasteiger charge is -2.35. The highest BCUT2D eigenvalue weighted by atomic mass is 35.5. The van der Waals surface area contributed by atoms with Gasteiger partial charge in [-0.05, 0) is 18.2 Å². The highest BCUT2D eigenvalue weighted by Crippen LogP contribution is 2.26. The zero-order valence-corrected chi connectivity index (χ0v) is 14.5. The third-order valence-corrected chi connectivity index (χ3v) is 4.50. The number of benzene rings is 1. The molecule has 2 aromatic heterocycles. The molecule has 1 aliphatic heterocycles. The van der Waals surface area contributed by atoms with Crippen LogP contribution >= 0.6 is 11.6 Å². The van der Waals surface area contributed by atoms with Crippen LogP contribution in [0.25, 0.3) is 10.9 Å². The third-order valence-electron chi connectivity index (χ3n) is 4.27. The smallest absolute Gasteiger partial charge is 0.228 e. The van der Waals surface area contributed by atoms with Gasteiger partial charge in [-0.2, -0.15) is 4.98 Å². The van der Waals surface area contributed by atoms with E-state index >= 15 is 0 Å². The average molecular weight is 357 g/mol. The second kappa shape index (κ2) is 6.68. The topological polar surface area (TPSA) is 67.3 Å². The Labute approximate surface area is 150 Å². The van der Waals surface area contributed by atoms with Gasteiger partial charge in [0.1, 0.15) is 12.1 Å². The summed E-state index contributed by atoms with van der Waals surface area (Å²) in [5, 5.41) is 1.69. The fraction of sp³-hybridized carbons (Fsp3) is 0.294. The molecule has 4 rings (SSSR count). The second-order valence-corrected chi connectivity index (χ2v) is 6.17. The number of fused-ring (bicyclic) bond motifs is 1. The van der Waals surface area contributed by atoms with Crippen LogP contribution in [-0.4, -0.2) is 53.2 Å². The predicted molar refractivity (Wildman–Crippen MR) is 97.6 cm³/mol. The van der Waals surface area contributed by atoms with E-state index in [2.05, 4.69) is 29.7 Å². The summed E-state index contributed by atoms with van der Waals surface area (Å²) in [6.45, 7) is 3.28. The highest BCUT2D eigenvalue weighted by Gasteiger charge is 2.21. The minimum Gasteiger partial charge on any atom is -0.481 e. The molecule has 1 aliphatic rings. The number of aromatic nitrogens is 4. The molecule has 0 N–H and O–H groups in total. The quantitative estimate of drug-likeness (QED) is 0.713. The van der Waals surface area contributed by atoms with Gasteiger partial charge in [-0.25, -0.2) is 15.0 Å². The largest absolute Gasteiger partial charge is 0.481 e. The normalized spacial score (nSPS) is 14.8. The maximum absolute atomic E-state index is 6.06. The van der Waals surface area contributed by atoms with Crippen molar-refractivity contribution in [3.8, 4) is 5.88 Å². The molecule has 0 amide bonds. The van der Waals surface area contributed by atoms with Gasteiger partial charge in [0.05, 0.1) is 12.6 Å². The molecule has 0 spiro atoms. The Hall–Kier alpha value is -2.67. The Morgan fingerprint density at radius 2 is 1.80 bits per heavy atom. The minimum atomic E-state index is 0.575. The summed E-state index contributed by atoms with van der Waals surface area (Å²) in [4.78, 5) is 22.0. The molecule has 3 aromatic rings. The minimum absolute atomic E-state index is 0.575. The van der Waals surface area contributed by atoms with E-state index < -0.39 is 0 Å². The molecule has 8 heteroatoms. The molecular formula is C17H17ClN6O. The number of rotatable bonds is 3. The first kappa shape index (κ1) is 15.8. The molecule has 0 bridgehead atoms. The molecule has 0 atom stereocenters. The first-order valence-electron chi connectivity index (χ1n) is 8.02. The van der Waals surface area contributed by atoms with E-state index in [1.807, 2.05) is 18.2 Å². The van der Waals surface area contributed by atoms with Gasteiger partial charge in [-0.3, -0.25) is 0 Å². The molecule has 0 aliphatic carbocycles. The molecule has 25 heavy (non-hydrogen) atoms. The van der Waals surface area contributed by atoms with E-state index in [-0.39, 0.29) is 0 Å². The fourth-order valence-electron chi connectivity index (χ4n) is 2.98. The van der Waals surface area contributed by atoms with Crippen molar-refractivity contribution >= 4 is 34.3 Å². The first-order valence-corrected chi connectivity index (χ1v) is 8.39. The van der Waals surface area contributed by atoms with Crippen molar-refractivity contribution in [2.24, 2.45) is 0 Å². The SMILES string of the molecule is COc1ccnc(N2CCN(c3ncnc4cc(Cl)ccc34)CC2)n1. The lowest BCUT2D eigenvalue weighted by atomic mass is 10.2. The molecule has 0 saturated carbocycles. The summed E-state index contributed by atoms with van der Waals surface area (Å²) in [5.41, 5.74) is 0.857. The Morgan fingerprint density at radius 3 is 2.60 bits per heavy atom. The molecule has 1 fully saturated rings. The number of halogens is 1. The van der Waals surface area contributed by atoms with Gasteiger partial charge >= 0.3 is 0 Å². The number of hydrogen-bond acceptors (Lipinski definition) is 7. The average Bonchev–Trinajstić information content (AvgIpc) is 2.67. The van der Waals surface area contributed by atoms with E-state index in [1.165, 1.54) is 0 Å². The van der Waals surface area contributed by atoms with Crippen LogP contribution < -0.4 is 14.5 Å². The lowest BCUT2D eigenvalue weighted by molar-refractivity contribution is 0.396. The van der Waals surface area contributed by atoms with E-state index in [0.717, 1.165) is 42.9 Å². The summed E-state index contributed by atoms with van der Waals surface area (Å²) < 4.78 is 5.18. The zero-order valence-electron chi connectivity index (χ0n) is 13.8. The number of nitrogens with zero attached hydrogens (tertiary/aromatic N) is 6. The van der Waals surface area contributed by atoms with Gasteiger partial charge in [-0.15, -0.1) is 0 Å². The number of hydrogen-bond donors (Lipinski definition) is 0. The van der Waals surface area contributed by atoms with Crippen molar-refractivity contribution in [2.45, 2.75) is 0 Å². The van der Waals surface area contributed by atoms with Crippen molar-refractivity contribution in [1.29, 1.82) is 0 Å². The zero-order chi connectivity index (χ0) is 17.2. The standard InChI is InChI=1S/C17H17ClN6O/c1-25-15-4-5-19-17(22-15)24-8-6-23(7-9-24)16-13-3-2-12(18)10-14(13)20-11-21-16/h2-5,10-11H,6-9H2,1H3. The summed E-state index contributed by atoms with van der Waals surface area (Å²) in [6, 6.07) is 7.46. The van der Waals surface area contributed by atoms with Gasteiger partial charge in [0, 0.05) is 48.9 Å². The van der Waals surface area contributed by atoms with Crippen LogP contribution in [0.15, 0.2) is 36.8 Å². The van der Waals surface area contributed by atoms with Crippen molar-refractivity contribution in [3.05, 3.63) is 41.8 Å². The van der Waals surface area contributed by atoms with Crippen molar-refractivity contribution in [3.63, 3.8) is 0 Å². The van der Waals surface area contributed by atoms with E-state index in [0.29, 0.717) is 16.9 Å². The van der Waals surface area contributed by atoms with Crippen LogP contribution in [0.3, 0.4) is 0 Å². The maximum atomic E-state index is 6.06. The second-order valence-electron chi connectivity index (χ2n) is 5.73. The summed E-state index contributed by atoms with van der Waals surface area (Å²) >= 11 is 6.06. The Balaban J connectivity index is 1.54. The van der Waals surface area contributed by atoms with Crippen molar-refractivity contribution in [2.75, 3.05) is 43.1 Å². The third kappa shape index (κ3) is 3.15. The van der Waals surface area contributed by atoms with Crippen molar-refractivity contribution < 1.29 is 4.74 Å². The van der Waals surface area contributed by atoms with E-state index in [1.54, 1.807) is 25.7 Å². The molecule has 3 heterocycles. The number of anilines is 2. The number of methoxy groups -OCH3 is 1. The van der Waals surface area contributed by atoms with Gasteiger partial charge in [0.25, 0.3) is 0 Å². The molecule has 128 valence electrons. The lowest BCUT2D eigenvalue weighted by Crippen LogP contribution is -2.47. The molecule has 7 nitrogen and oxygen atoms in total. The molecule has 1 saturated heterocycles. The van der Waals surface area contributed by atoms with Gasteiger partial charge in [0.2, 0.25) is 11.8 Å². The van der Waals surface area contributed by atoms with Crippen molar-refractivity contribution in [1.82, 2.24) is 19.9 Å².